The van der Waals surface area contributed by atoms with Crippen molar-refractivity contribution < 1.29 is 9.59 Å². The van der Waals surface area contributed by atoms with Crippen molar-refractivity contribution in [1.29, 1.82) is 0 Å². The quantitative estimate of drug-likeness (QED) is 0.555. The van der Waals surface area contributed by atoms with Gasteiger partial charge in [-0.05, 0) is 86.7 Å². The molecule has 3 aromatic rings. The molecule has 1 N–H and O–H groups in total. The smallest absolute Gasteiger partial charge is 0.264 e. The Balaban J connectivity index is 1.42. The third-order valence-corrected chi connectivity index (χ3v) is 6.82. The van der Waals surface area contributed by atoms with Crippen LogP contribution < -0.4 is 5.32 Å². The van der Waals surface area contributed by atoms with Crippen molar-refractivity contribution in [2.45, 2.75) is 49.2 Å². The topological polar surface area (TPSA) is 75.2 Å². The van der Waals surface area contributed by atoms with E-state index in [2.05, 4.69) is 15.3 Å². The summed E-state index contributed by atoms with van der Waals surface area (Å²) in [6, 6.07) is 12.8. The maximum atomic E-state index is 13.0. The van der Waals surface area contributed by atoms with Crippen molar-refractivity contribution in [3.05, 3.63) is 64.1 Å². The molecule has 1 aromatic carbocycles. The van der Waals surface area contributed by atoms with Crippen LogP contribution in [0, 0.1) is 13.8 Å². The number of carbonyl (C=O) groups is 2. The van der Waals surface area contributed by atoms with Gasteiger partial charge in [0.2, 0.25) is 5.91 Å². The molecule has 6 nitrogen and oxygen atoms in total. The van der Waals surface area contributed by atoms with Crippen LogP contribution in [0.2, 0.25) is 0 Å². The molecule has 1 atom stereocenters. The van der Waals surface area contributed by atoms with E-state index in [4.69, 9.17) is 0 Å². The summed E-state index contributed by atoms with van der Waals surface area (Å²) in [7, 11) is 0. The first kappa shape index (κ1) is 21.5. The zero-order valence-electron chi connectivity index (χ0n) is 17.5. The van der Waals surface area contributed by atoms with Gasteiger partial charge < -0.3 is 10.2 Å². The monoisotopic (exact) mass is 452 g/mol. The average molecular weight is 453 g/mol. The lowest BCUT2D eigenvalue weighted by atomic mass is 10.0. The summed E-state index contributed by atoms with van der Waals surface area (Å²) in [4.78, 5) is 38.1. The first-order valence-corrected chi connectivity index (χ1v) is 11.9. The summed E-state index contributed by atoms with van der Waals surface area (Å²) in [5.74, 6) is -0.197. The van der Waals surface area contributed by atoms with E-state index in [1.54, 1.807) is 4.90 Å². The molecule has 8 heteroatoms. The molecule has 4 rings (SSSR count). The summed E-state index contributed by atoms with van der Waals surface area (Å²) in [5.41, 5.74) is 2.59. The number of hydrogen-bond acceptors (Lipinski definition) is 6. The Morgan fingerprint density at radius 2 is 1.84 bits per heavy atom. The Bertz CT molecular complexity index is 1050. The third-order valence-electron chi connectivity index (χ3n) is 5.09. The molecule has 0 radical (unpaired) electrons. The molecule has 0 saturated carbocycles. The van der Waals surface area contributed by atoms with Crippen molar-refractivity contribution in [3.63, 3.8) is 0 Å². The molecule has 0 aliphatic carbocycles. The molecule has 1 fully saturated rings. The van der Waals surface area contributed by atoms with Crippen molar-refractivity contribution in [1.82, 2.24) is 14.9 Å². The molecule has 0 spiro atoms. The molecule has 0 bridgehead atoms. The van der Waals surface area contributed by atoms with Crippen LogP contribution in [0.25, 0.3) is 0 Å². The summed E-state index contributed by atoms with van der Waals surface area (Å²) in [5, 5.41) is 5.57. The van der Waals surface area contributed by atoms with Gasteiger partial charge in [0.05, 0.1) is 4.88 Å². The predicted octanol–water partition coefficient (Wildman–Crippen LogP) is 4.94. The minimum absolute atomic E-state index is 0.0601. The molecule has 31 heavy (non-hydrogen) atoms. The van der Waals surface area contributed by atoms with Crippen LogP contribution in [0.1, 0.15) is 40.3 Å². The van der Waals surface area contributed by atoms with E-state index in [0.717, 1.165) is 29.1 Å². The summed E-state index contributed by atoms with van der Waals surface area (Å²) in [6.07, 6.45) is 2.55. The first-order chi connectivity index (χ1) is 15.0. The van der Waals surface area contributed by atoms with E-state index >= 15 is 0 Å². The second kappa shape index (κ2) is 9.62. The molecule has 1 saturated heterocycles. The predicted molar refractivity (Wildman–Crippen MR) is 124 cm³/mol. The zero-order chi connectivity index (χ0) is 21.8. The number of nitrogens with zero attached hydrogens (tertiary/aromatic N) is 3. The van der Waals surface area contributed by atoms with Gasteiger partial charge in [0.25, 0.3) is 5.91 Å². The maximum absolute atomic E-state index is 13.0. The van der Waals surface area contributed by atoms with Crippen LogP contribution in [0.5, 0.6) is 0 Å². The van der Waals surface area contributed by atoms with E-state index in [-0.39, 0.29) is 11.8 Å². The van der Waals surface area contributed by atoms with E-state index in [1.165, 1.54) is 23.1 Å². The van der Waals surface area contributed by atoms with Crippen molar-refractivity contribution in [3.8, 4) is 0 Å². The first-order valence-electron chi connectivity index (χ1n) is 10.2. The number of nitrogens with one attached hydrogen (secondary N) is 1. The average Bonchev–Trinajstić information content (AvgIpc) is 3.29. The number of aryl methyl sites for hydroxylation is 2. The SMILES string of the molecule is Cc1cc(C)nc(Sc2ccc(NC(=O)C3CCCCN3C(=O)c3cccs3)cc2)n1. The Morgan fingerprint density at radius 3 is 2.52 bits per heavy atom. The summed E-state index contributed by atoms with van der Waals surface area (Å²) >= 11 is 2.90. The molecule has 1 aliphatic heterocycles. The van der Waals surface area contributed by atoms with Crippen LogP contribution in [-0.2, 0) is 4.79 Å². The Labute approximate surface area is 190 Å². The van der Waals surface area contributed by atoms with E-state index in [0.29, 0.717) is 28.7 Å². The van der Waals surface area contributed by atoms with Crippen molar-refractivity contribution in [2.75, 3.05) is 11.9 Å². The highest BCUT2D eigenvalue weighted by Gasteiger charge is 2.33. The number of piperidine rings is 1. The minimum atomic E-state index is -0.443. The molecule has 1 aliphatic rings. The number of likely N-dealkylation sites (tertiary alicyclic amines) is 1. The van der Waals surface area contributed by atoms with E-state index < -0.39 is 6.04 Å². The lowest BCUT2D eigenvalue weighted by Gasteiger charge is -2.34. The largest absolute Gasteiger partial charge is 0.326 e. The fourth-order valence-electron chi connectivity index (χ4n) is 3.67. The van der Waals surface area contributed by atoms with Gasteiger partial charge in [0.15, 0.2) is 5.16 Å². The number of carbonyl (C=O) groups excluding carboxylic acids is 2. The number of anilines is 1. The number of aromatic nitrogens is 2. The van der Waals surface area contributed by atoms with Gasteiger partial charge >= 0.3 is 0 Å². The van der Waals surface area contributed by atoms with Gasteiger partial charge in [-0.3, -0.25) is 9.59 Å². The van der Waals surface area contributed by atoms with Crippen LogP contribution >= 0.6 is 23.1 Å². The molecule has 1 unspecified atom stereocenters. The normalized spacial score (nSPS) is 16.2. The molecule has 2 amide bonds. The van der Waals surface area contributed by atoms with Gasteiger partial charge in [-0.15, -0.1) is 11.3 Å². The van der Waals surface area contributed by atoms with Crippen LogP contribution in [0.15, 0.2) is 57.9 Å². The lowest BCUT2D eigenvalue weighted by Crippen LogP contribution is -2.49. The second-order valence-electron chi connectivity index (χ2n) is 7.54. The molecular formula is C23H24N4O2S2. The van der Waals surface area contributed by atoms with E-state index in [1.807, 2.05) is 61.7 Å². The van der Waals surface area contributed by atoms with E-state index in [9.17, 15) is 9.59 Å². The van der Waals surface area contributed by atoms with Crippen LogP contribution in [-0.4, -0.2) is 39.3 Å². The molecule has 2 aromatic heterocycles. The highest BCUT2D eigenvalue weighted by Crippen LogP contribution is 2.27. The summed E-state index contributed by atoms with van der Waals surface area (Å²) in [6.45, 7) is 4.52. The standard InChI is InChI=1S/C23H24N4O2S2/c1-15-14-16(2)25-23(24-15)31-18-10-8-17(9-11-18)26-21(28)19-6-3-4-12-27(19)22(29)20-7-5-13-30-20/h5,7-11,13-14,19H,3-4,6,12H2,1-2H3,(H,26,28). The number of amides is 2. The van der Waals surface area contributed by atoms with Crippen LogP contribution in [0.4, 0.5) is 5.69 Å². The van der Waals surface area contributed by atoms with Crippen LogP contribution in [0.3, 0.4) is 0 Å². The fraction of sp³-hybridized carbons (Fsp3) is 0.304. The third kappa shape index (κ3) is 5.32. The Kier molecular flexibility index (Phi) is 6.67. The molecular weight excluding hydrogens is 428 g/mol. The van der Waals surface area contributed by atoms with Gasteiger partial charge in [-0.25, -0.2) is 9.97 Å². The summed E-state index contributed by atoms with van der Waals surface area (Å²) < 4.78 is 0. The Morgan fingerprint density at radius 1 is 1.10 bits per heavy atom. The highest BCUT2D eigenvalue weighted by atomic mass is 32.2. The number of rotatable bonds is 5. The van der Waals surface area contributed by atoms with Crippen molar-refractivity contribution in [2.24, 2.45) is 0 Å². The fourth-order valence-corrected chi connectivity index (χ4v) is 5.21. The molecule has 3 heterocycles. The van der Waals surface area contributed by atoms with Gasteiger partial charge in [0.1, 0.15) is 6.04 Å². The lowest BCUT2D eigenvalue weighted by molar-refractivity contribution is -0.121. The second-order valence-corrected chi connectivity index (χ2v) is 9.52. The van der Waals surface area contributed by atoms with Gasteiger partial charge in [-0.1, -0.05) is 6.07 Å². The maximum Gasteiger partial charge on any atom is 0.264 e. The zero-order valence-corrected chi connectivity index (χ0v) is 19.1. The minimum Gasteiger partial charge on any atom is -0.326 e. The van der Waals surface area contributed by atoms with Crippen molar-refractivity contribution >= 4 is 40.6 Å². The number of thiophene rings is 1. The molecule has 160 valence electrons. The van der Waals surface area contributed by atoms with Gasteiger partial charge in [-0.2, -0.15) is 0 Å². The van der Waals surface area contributed by atoms with Gasteiger partial charge in [0, 0.05) is 28.5 Å². The number of hydrogen-bond donors (Lipinski definition) is 1. The number of benzene rings is 1. The highest BCUT2D eigenvalue weighted by molar-refractivity contribution is 7.99. The Hall–Kier alpha value is -2.71.